The highest BCUT2D eigenvalue weighted by atomic mass is 19.1. The molecule has 0 bridgehead atoms. The Balaban J connectivity index is 1.95. The van der Waals surface area contributed by atoms with Crippen LogP contribution in [0.3, 0.4) is 0 Å². The van der Waals surface area contributed by atoms with Crippen LogP contribution in [0.15, 0.2) is 18.2 Å². The molecule has 0 amide bonds. The van der Waals surface area contributed by atoms with Crippen molar-refractivity contribution < 1.29 is 14.2 Å². The van der Waals surface area contributed by atoms with Gasteiger partial charge in [-0.15, -0.1) is 0 Å². The molecule has 0 spiro atoms. The van der Waals surface area contributed by atoms with Crippen molar-refractivity contribution in [2.24, 2.45) is 5.92 Å². The van der Waals surface area contributed by atoms with Gasteiger partial charge in [0.25, 0.3) is 0 Å². The van der Waals surface area contributed by atoms with E-state index in [9.17, 15) is 9.50 Å². The summed E-state index contributed by atoms with van der Waals surface area (Å²) in [6.07, 6.45) is 2.93. The lowest BCUT2D eigenvalue weighted by atomic mass is 9.86. The van der Waals surface area contributed by atoms with E-state index < -0.39 is 11.9 Å². The van der Waals surface area contributed by atoms with Gasteiger partial charge in [-0.05, 0) is 43.5 Å². The number of benzene rings is 1. The molecule has 2 N–H and O–H groups in total. The smallest absolute Gasteiger partial charge is 0.165 e. The molecule has 1 aliphatic rings. The number of halogens is 1. The van der Waals surface area contributed by atoms with Gasteiger partial charge in [-0.25, -0.2) is 4.39 Å². The predicted molar refractivity (Wildman–Crippen MR) is 68.1 cm³/mol. The Morgan fingerprint density at radius 3 is 2.83 bits per heavy atom. The monoisotopic (exact) mass is 253 g/mol. The van der Waals surface area contributed by atoms with Crippen LogP contribution in [0.2, 0.25) is 0 Å². The van der Waals surface area contributed by atoms with Gasteiger partial charge in [-0.1, -0.05) is 12.5 Å². The van der Waals surface area contributed by atoms with Crippen molar-refractivity contribution in [1.82, 2.24) is 5.32 Å². The Morgan fingerprint density at radius 2 is 2.28 bits per heavy atom. The molecule has 1 fully saturated rings. The first-order valence-electron chi connectivity index (χ1n) is 6.45. The number of aliphatic hydroxyl groups is 1. The molecule has 2 rings (SSSR count). The summed E-state index contributed by atoms with van der Waals surface area (Å²) in [7, 11) is 1.75. The fourth-order valence-corrected chi connectivity index (χ4v) is 2.02. The van der Waals surface area contributed by atoms with Gasteiger partial charge in [0.05, 0.1) is 12.7 Å². The summed E-state index contributed by atoms with van der Waals surface area (Å²) in [5, 5.41) is 12.6. The summed E-state index contributed by atoms with van der Waals surface area (Å²) in [5.74, 6) is 0.461. The van der Waals surface area contributed by atoms with E-state index in [4.69, 9.17) is 4.74 Å². The van der Waals surface area contributed by atoms with Crippen LogP contribution in [0.4, 0.5) is 4.39 Å². The first-order chi connectivity index (χ1) is 8.70. The van der Waals surface area contributed by atoms with E-state index >= 15 is 0 Å². The van der Waals surface area contributed by atoms with E-state index in [1.54, 1.807) is 19.2 Å². The molecule has 0 aromatic heterocycles. The first-order valence-corrected chi connectivity index (χ1v) is 6.45. The summed E-state index contributed by atoms with van der Waals surface area (Å²) >= 11 is 0. The Bertz CT molecular complexity index is 393. The molecule has 0 radical (unpaired) electrons. The SMILES string of the molecule is CNCC(O)c1ccc(OCC2CCC2)c(F)c1. The molecule has 1 unspecified atom stereocenters. The van der Waals surface area contributed by atoms with Crippen molar-refractivity contribution in [3.05, 3.63) is 29.6 Å². The number of hydrogen-bond acceptors (Lipinski definition) is 3. The average Bonchev–Trinajstić information content (AvgIpc) is 2.29. The second-order valence-electron chi connectivity index (χ2n) is 4.87. The number of ether oxygens (including phenoxy) is 1. The van der Waals surface area contributed by atoms with Crippen LogP contribution in [0.5, 0.6) is 5.75 Å². The Kier molecular flexibility index (Phi) is 4.55. The van der Waals surface area contributed by atoms with Crippen LogP contribution >= 0.6 is 0 Å². The molecule has 100 valence electrons. The molecule has 1 aliphatic carbocycles. The van der Waals surface area contributed by atoms with Crippen molar-refractivity contribution in [1.29, 1.82) is 0 Å². The van der Waals surface area contributed by atoms with E-state index in [-0.39, 0.29) is 5.75 Å². The number of aliphatic hydroxyl groups excluding tert-OH is 1. The zero-order chi connectivity index (χ0) is 13.0. The standard InChI is InChI=1S/C14H20FNO2/c1-16-8-13(17)11-5-6-14(12(15)7-11)18-9-10-3-2-4-10/h5-7,10,13,16-17H,2-4,8-9H2,1H3. The molecular formula is C14H20FNO2. The summed E-state index contributed by atoms with van der Waals surface area (Å²) in [5.41, 5.74) is 0.567. The van der Waals surface area contributed by atoms with Gasteiger partial charge in [0.15, 0.2) is 11.6 Å². The van der Waals surface area contributed by atoms with Gasteiger partial charge in [0.1, 0.15) is 0 Å². The van der Waals surface area contributed by atoms with Crippen LogP contribution in [-0.4, -0.2) is 25.3 Å². The summed E-state index contributed by atoms with van der Waals surface area (Å²) < 4.78 is 19.2. The lowest BCUT2D eigenvalue weighted by Gasteiger charge is -2.25. The Morgan fingerprint density at radius 1 is 1.50 bits per heavy atom. The van der Waals surface area contributed by atoms with Gasteiger partial charge in [0.2, 0.25) is 0 Å². The largest absolute Gasteiger partial charge is 0.490 e. The summed E-state index contributed by atoms with van der Waals surface area (Å²) in [4.78, 5) is 0. The topological polar surface area (TPSA) is 41.5 Å². The van der Waals surface area contributed by atoms with Crippen molar-refractivity contribution in [3.8, 4) is 5.75 Å². The third-order valence-corrected chi connectivity index (χ3v) is 3.44. The highest BCUT2D eigenvalue weighted by molar-refractivity contribution is 5.30. The van der Waals surface area contributed by atoms with Crippen LogP contribution in [0.1, 0.15) is 30.9 Å². The lowest BCUT2D eigenvalue weighted by molar-refractivity contribution is 0.171. The fraction of sp³-hybridized carbons (Fsp3) is 0.571. The molecule has 1 atom stereocenters. The zero-order valence-corrected chi connectivity index (χ0v) is 10.7. The molecule has 0 heterocycles. The molecule has 1 aromatic rings. The predicted octanol–water partition coefficient (Wildman–Crippen LogP) is 2.26. The highest BCUT2D eigenvalue weighted by Gasteiger charge is 2.19. The maximum atomic E-state index is 13.8. The number of nitrogens with one attached hydrogen (secondary N) is 1. The van der Waals surface area contributed by atoms with Gasteiger partial charge in [-0.3, -0.25) is 0 Å². The van der Waals surface area contributed by atoms with Crippen LogP contribution in [0.25, 0.3) is 0 Å². The number of likely N-dealkylation sites (N-methyl/N-ethyl adjacent to an activating group) is 1. The van der Waals surface area contributed by atoms with E-state index in [1.807, 2.05) is 0 Å². The Labute approximate surface area is 107 Å². The second kappa shape index (κ2) is 6.16. The fourth-order valence-electron chi connectivity index (χ4n) is 2.02. The zero-order valence-electron chi connectivity index (χ0n) is 10.7. The minimum atomic E-state index is -0.690. The quantitative estimate of drug-likeness (QED) is 0.817. The van der Waals surface area contributed by atoms with E-state index in [0.717, 1.165) is 0 Å². The normalized spacial score (nSPS) is 17.3. The molecule has 3 nitrogen and oxygen atoms in total. The van der Waals surface area contributed by atoms with Crippen molar-refractivity contribution in [2.45, 2.75) is 25.4 Å². The van der Waals surface area contributed by atoms with Crippen molar-refractivity contribution in [2.75, 3.05) is 20.2 Å². The minimum Gasteiger partial charge on any atom is -0.490 e. The molecule has 18 heavy (non-hydrogen) atoms. The molecule has 1 saturated carbocycles. The van der Waals surface area contributed by atoms with Gasteiger partial charge < -0.3 is 15.2 Å². The molecular weight excluding hydrogens is 233 g/mol. The maximum absolute atomic E-state index is 13.8. The van der Waals surface area contributed by atoms with Crippen molar-refractivity contribution >= 4 is 0 Å². The molecule has 1 aromatic carbocycles. The van der Waals surface area contributed by atoms with Gasteiger partial charge in [-0.2, -0.15) is 0 Å². The Hall–Kier alpha value is -1.13. The van der Waals surface area contributed by atoms with E-state index in [2.05, 4.69) is 5.32 Å². The average molecular weight is 253 g/mol. The van der Waals surface area contributed by atoms with Crippen molar-refractivity contribution in [3.63, 3.8) is 0 Å². The third kappa shape index (κ3) is 3.21. The van der Waals surface area contributed by atoms with Crippen LogP contribution < -0.4 is 10.1 Å². The second-order valence-corrected chi connectivity index (χ2v) is 4.87. The van der Waals surface area contributed by atoms with Gasteiger partial charge in [0, 0.05) is 6.54 Å². The van der Waals surface area contributed by atoms with Crippen LogP contribution in [0, 0.1) is 11.7 Å². The first kappa shape index (κ1) is 13.3. The van der Waals surface area contributed by atoms with E-state index in [1.165, 1.54) is 25.3 Å². The lowest BCUT2D eigenvalue weighted by Crippen LogP contribution is -2.20. The molecule has 0 saturated heterocycles. The van der Waals surface area contributed by atoms with E-state index in [0.29, 0.717) is 24.6 Å². The number of rotatable bonds is 6. The molecule has 4 heteroatoms. The third-order valence-electron chi connectivity index (χ3n) is 3.44. The summed E-state index contributed by atoms with van der Waals surface area (Å²) in [6.45, 7) is 0.997. The van der Waals surface area contributed by atoms with Crippen LogP contribution in [-0.2, 0) is 0 Å². The summed E-state index contributed by atoms with van der Waals surface area (Å²) in [6, 6.07) is 4.65. The minimum absolute atomic E-state index is 0.280. The van der Waals surface area contributed by atoms with Gasteiger partial charge >= 0.3 is 0 Å². The maximum Gasteiger partial charge on any atom is 0.165 e. The highest BCUT2D eigenvalue weighted by Crippen LogP contribution is 2.28. The number of hydrogen-bond donors (Lipinski definition) is 2. The molecule has 0 aliphatic heterocycles.